The molecule has 73 heavy (non-hydrogen) atoms. The molecule has 424 valence electrons. The average Bonchev–Trinajstić information content (AvgIpc) is 3.32. The molecule has 1 aliphatic heterocycles. The maximum atomic E-state index is 13.2. The van der Waals surface area contributed by atoms with Crippen molar-refractivity contribution in [3.8, 4) is 0 Å². The Morgan fingerprint density at radius 2 is 1.11 bits per heavy atom. The van der Waals surface area contributed by atoms with Crippen LogP contribution < -0.4 is 0 Å². The van der Waals surface area contributed by atoms with E-state index in [2.05, 4.69) is 0 Å². The number of carboxylic acids is 1. The summed E-state index contributed by atoms with van der Waals surface area (Å²) in [6, 6.07) is 0. The van der Waals surface area contributed by atoms with Crippen molar-refractivity contribution in [2.75, 3.05) is 0 Å². The van der Waals surface area contributed by atoms with Gasteiger partial charge in [-0.15, -0.1) is 0 Å². The van der Waals surface area contributed by atoms with Crippen LogP contribution in [0.15, 0.2) is 59.8 Å². The van der Waals surface area contributed by atoms with Crippen LogP contribution in [0, 0.1) is 41.4 Å². The van der Waals surface area contributed by atoms with E-state index < -0.39 is 133 Å². The lowest BCUT2D eigenvalue weighted by atomic mass is 9.82. The molecular weight excluding hydrogens is 949 g/mol. The molecule has 0 saturated heterocycles. The molecule has 0 aromatic heterocycles. The van der Waals surface area contributed by atoms with Gasteiger partial charge in [-0.1, -0.05) is 97.1 Å². The fraction of sp³-hybridized carbons (Fsp3) is 0.782. The molecule has 22 unspecified atom stereocenters. The molecule has 1 heterocycles. The summed E-state index contributed by atoms with van der Waals surface area (Å²) in [6.07, 6.45) is -5.39. The molecule has 0 saturated carbocycles. The summed E-state index contributed by atoms with van der Waals surface area (Å²) in [7, 11) is 0. The van der Waals surface area contributed by atoms with Crippen LogP contribution in [-0.4, -0.2) is 180 Å². The Bertz CT molecular complexity index is 1720. The molecule has 0 aromatic rings. The standard InChI is InChI=1S/C55H96O18/c1-30-14-10-11-18-45(62)36(7)53(70)31(2)15-12-16-33(4)55(72)73-50(22-23-51(67)68)35(6)44(61)19-13-17-39(56)25-40(57)27-46(63)37(8)54(71)38(9)47(64)28-41(58)26-42(59)29-49(66)48(65)24-34(5)52(69)32(3)20-21-43(30)60/h10,13-14,16-17,20-21,24,30-32,35-50,52-54,56-66,69-71H,11-12,15,18-19,22-23,25-29H2,1-9H3,(H,67,68). The van der Waals surface area contributed by atoms with E-state index in [1.54, 1.807) is 65.8 Å². The molecule has 18 heteroatoms. The first-order chi connectivity index (χ1) is 34.0. The Labute approximate surface area is 433 Å². The second kappa shape index (κ2) is 34.7. The minimum absolute atomic E-state index is 0.0250. The number of carbonyl (C=O) groups excluding carboxylic acids is 1. The molecule has 18 nitrogen and oxygen atoms in total. The summed E-state index contributed by atoms with van der Waals surface area (Å²) in [4.78, 5) is 24.7. The topological polar surface area (TPSA) is 347 Å². The first kappa shape index (κ1) is 68.1. The molecule has 0 aromatic carbocycles. The summed E-state index contributed by atoms with van der Waals surface area (Å²) in [6.45, 7) is 14.8. The van der Waals surface area contributed by atoms with E-state index in [0.29, 0.717) is 31.3 Å². The van der Waals surface area contributed by atoms with Gasteiger partial charge in [0.2, 0.25) is 0 Å². The maximum absolute atomic E-state index is 13.2. The van der Waals surface area contributed by atoms with Crippen LogP contribution in [0.4, 0.5) is 0 Å². The molecule has 15 N–H and O–H groups in total. The van der Waals surface area contributed by atoms with Crippen molar-refractivity contribution < 1.29 is 90.9 Å². The fourth-order valence-electron chi connectivity index (χ4n) is 9.04. The van der Waals surface area contributed by atoms with E-state index in [9.17, 15) is 86.2 Å². The molecule has 0 amide bonds. The van der Waals surface area contributed by atoms with E-state index in [1.165, 1.54) is 32.1 Å². The van der Waals surface area contributed by atoms with Gasteiger partial charge in [0.05, 0.1) is 85.5 Å². The van der Waals surface area contributed by atoms with Gasteiger partial charge < -0.3 is 81.3 Å². The number of cyclic esters (lactones) is 1. The van der Waals surface area contributed by atoms with Crippen molar-refractivity contribution in [2.45, 2.75) is 231 Å². The predicted molar refractivity (Wildman–Crippen MR) is 276 cm³/mol. The van der Waals surface area contributed by atoms with Crippen LogP contribution in [0.5, 0.6) is 0 Å². The number of aliphatic hydroxyl groups excluding tert-OH is 14. The van der Waals surface area contributed by atoms with Gasteiger partial charge in [-0.3, -0.25) is 4.79 Å². The molecule has 22 atom stereocenters. The number of carboxylic acid groups (broad SMARTS) is 1. The van der Waals surface area contributed by atoms with E-state index in [0.717, 1.165) is 0 Å². The van der Waals surface area contributed by atoms with Crippen molar-refractivity contribution in [3.63, 3.8) is 0 Å². The average molecular weight is 1050 g/mol. The Kier molecular flexibility index (Phi) is 32.4. The molecule has 0 bridgehead atoms. The van der Waals surface area contributed by atoms with Crippen LogP contribution >= 0.6 is 0 Å². The van der Waals surface area contributed by atoms with Crippen LogP contribution in [0.2, 0.25) is 0 Å². The van der Waals surface area contributed by atoms with E-state index in [4.69, 9.17) is 4.74 Å². The van der Waals surface area contributed by atoms with Crippen LogP contribution in [0.3, 0.4) is 0 Å². The van der Waals surface area contributed by atoms with Gasteiger partial charge >= 0.3 is 11.9 Å². The molecule has 0 aliphatic carbocycles. The quantitative estimate of drug-likeness (QED) is 0.143. The van der Waals surface area contributed by atoms with Crippen molar-refractivity contribution in [1.82, 2.24) is 0 Å². The lowest BCUT2D eigenvalue weighted by Gasteiger charge is -2.33. The molecule has 1 rings (SSSR count). The Hall–Kier alpha value is -2.92. The van der Waals surface area contributed by atoms with Gasteiger partial charge in [0.15, 0.2) is 0 Å². The number of ether oxygens (including phenoxy) is 1. The Balaban J connectivity index is 3.28. The van der Waals surface area contributed by atoms with E-state index >= 15 is 0 Å². The van der Waals surface area contributed by atoms with Gasteiger partial charge in [0, 0.05) is 60.3 Å². The third-order valence-corrected chi connectivity index (χ3v) is 14.9. The zero-order chi connectivity index (χ0) is 55.9. The number of hydrogen-bond donors (Lipinski definition) is 15. The largest absolute Gasteiger partial charge is 0.481 e. The van der Waals surface area contributed by atoms with E-state index in [1.807, 2.05) is 13.0 Å². The maximum Gasteiger partial charge on any atom is 0.333 e. The number of rotatable bonds is 3. The zero-order valence-electron chi connectivity index (χ0n) is 44.7. The van der Waals surface area contributed by atoms with Crippen molar-refractivity contribution >= 4 is 11.9 Å². The smallest absolute Gasteiger partial charge is 0.333 e. The van der Waals surface area contributed by atoms with Crippen LogP contribution in [0.25, 0.3) is 0 Å². The number of esters is 1. The van der Waals surface area contributed by atoms with Gasteiger partial charge in [0.25, 0.3) is 0 Å². The zero-order valence-corrected chi connectivity index (χ0v) is 44.7. The Morgan fingerprint density at radius 3 is 1.68 bits per heavy atom. The first-order valence-electron chi connectivity index (χ1n) is 26.3. The van der Waals surface area contributed by atoms with Gasteiger partial charge in [-0.05, 0) is 83.1 Å². The minimum Gasteiger partial charge on any atom is -0.481 e. The second-order valence-corrected chi connectivity index (χ2v) is 21.4. The molecular formula is C55H96O18. The monoisotopic (exact) mass is 1040 g/mol. The lowest BCUT2D eigenvalue weighted by molar-refractivity contribution is -0.151. The van der Waals surface area contributed by atoms with Crippen molar-refractivity contribution in [2.24, 2.45) is 41.4 Å². The second-order valence-electron chi connectivity index (χ2n) is 21.4. The van der Waals surface area contributed by atoms with Gasteiger partial charge in [0.1, 0.15) is 6.10 Å². The van der Waals surface area contributed by atoms with E-state index in [-0.39, 0.29) is 68.8 Å². The number of aliphatic carboxylic acids is 1. The highest BCUT2D eigenvalue weighted by atomic mass is 16.5. The lowest BCUT2D eigenvalue weighted by Crippen LogP contribution is -2.41. The Morgan fingerprint density at radius 1 is 0.562 bits per heavy atom. The third-order valence-electron chi connectivity index (χ3n) is 14.9. The first-order valence-corrected chi connectivity index (χ1v) is 26.3. The summed E-state index contributed by atoms with van der Waals surface area (Å²) in [5, 5.41) is 161. The summed E-state index contributed by atoms with van der Waals surface area (Å²) < 4.78 is 5.72. The van der Waals surface area contributed by atoms with Gasteiger partial charge in [-0.2, -0.15) is 0 Å². The van der Waals surface area contributed by atoms with Crippen LogP contribution in [0.1, 0.15) is 139 Å². The highest BCUT2D eigenvalue weighted by Gasteiger charge is 2.34. The normalized spacial score (nSPS) is 40.9. The molecule has 0 spiro atoms. The summed E-state index contributed by atoms with van der Waals surface area (Å²) in [5.74, 6) is -5.91. The van der Waals surface area contributed by atoms with Crippen molar-refractivity contribution in [1.29, 1.82) is 0 Å². The predicted octanol–water partition coefficient (Wildman–Crippen LogP) is 2.74. The SMILES string of the molecule is CC1=CCCC(C)C(O)C(C)C(O)CCC=CC(C)C(O)C=CC(C)C(O)C(C)=CC(O)C(O)CC(O)CC(O)CC(O)C(C)C(O)C(C)C(O)CC(O)CC(O)C=CCC(O)C(C)C(CCC(=O)O)OC1=O. The number of aliphatic hydroxyl groups is 14. The molecule has 0 fully saturated rings. The molecule has 0 radical (unpaired) electrons. The molecule has 1 aliphatic rings. The summed E-state index contributed by atoms with van der Waals surface area (Å²) >= 11 is 0. The highest BCUT2D eigenvalue weighted by Crippen LogP contribution is 2.28. The third kappa shape index (κ3) is 25.7. The number of carbonyl (C=O) groups is 2. The summed E-state index contributed by atoms with van der Waals surface area (Å²) in [5.41, 5.74) is 0.574. The van der Waals surface area contributed by atoms with Crippen molar-refractivity contribution in [3.05, 3.63) is 59.8 Å². The highest BCUT2D eigenvalue weighted by molar-refractivity contribution is 5.87. The number of allylic oxidation sites excluding steroid dienone is 2. The van der Waals surface area contributed by atoms with Crippen LogP contribution in [-0.2, 0) is 14.3 Å². The fourth-order valence-corrected chi connectivity index (χ4v) is 9.04. The minimum atomic E-state index is -1.49. The van der Waals surface area contributed by atoms with Gasteiger partial charge in [-0.25, -0.2) is 4.79 Å². The number of hydrogen-bond acceptors (Lipinski definition) is 17.